The fraction of sp³-hybridized carbons (Fsp3) is 0. The van der Waals surface area contributed by atoms with Crippen LogP contribution in [0.25, 0.3) is 0 Å². The maximum absolute atomic E-state index is 11.2. The Kier molecular flexibility index (Phi) is 4.04. The van der Waals surface area contributed by atoms with Crippen LogP contribution in [0.1, 0.15) is 0 Å². The van der Waals surface area contributed by atoms with Gasteiger partial charge in [0.05, 0.1) is 10.0 Å². The minimum atomic E-state index is -4.38. The van der Waals surface area contributed by atoms with E-state index in [4.69, 9.17) is 44.6 Å². The lowest BCUT2D eigenvalue weighted by atomic mass is 10.3. The standard InChI is InChI=1S/C6H2Cl4O4S2/c7-3-1-2-4(15(9,11)12)6(5(3)8)16(10,13)14/h1-2H. The van der Waals surface area contributed by atoms with Gasteiger partial charge in [0.2, 0.25) is 0 Å². The summed E-state index contributed by atoms with van der Waals surface area (Å²) in [5.74, 6) is 0. The first-order chi connectivity index (χ1) is 7.05. The van der Waals surface area contributed by atoms with Crippen LogP contribution in [-0.4, -0.2) is 16.8 Å². The topological polar surface area (TPSA) is 68.3 Å². The lowest BCUT2D eigenvalue weighted by Crippen LogP contribution is -2.02. The normalized spacial score (nSPS) is 12.8. The van der Waals surface area contributed by atoms with E-state index in [0.717, 1.165) is 12.1 Å². The van der Waals surface area contributed by atoms with Crippen LogP contribution in [0.3, 0.4) is 0 Å². The fourth-order valence-corrected chi connectivity index (χ4v) is 4.78. The molecule has 0 amide bonds. The Balaban J connectivity index is 3.88. The van der Waals surface area contributed by atoms with Crippen molar-refractivity contribution in [2.24, 2.45) is 0 Å². The SMILES string of the molecule is O=S(=O)(Cl)c1ccc(Cl)c(Cl)c1S(=O)(=O)Cl. The van der Waals surface area contributed by atoms with Crippen LogP contribution < -0.4 is 0 Å². The third-order valence-electron chi connectivity index (χ3n) is 1.52. The van der Waals surface area contributed by atoms with Crippen LogP contribution in [0.15, 0.2) is 21.9 Å². The molecule has 0 unspecified atom stereocenters. The summed E-state index contributed by atoms with van der Waals surface area (Å²) in [5, 5.41) is -0.636. The van der Waals surface area contributed by atoms with Crippen LogP contribution in [0.2, 0.25) is 10.0 Å². The summed E-state index contributed by atoms with van der Waals surface area (Å²) in [6.45, 7) is 0. The molecule has 0 N–H and O–H groups in total. The highest BCUT2D eigenvalue weighted by atomic mass is 35.7. The molecule has 0 radical (unpaired) electrons. The van der Waals surface area contributed by atoms with Gasteiger partial charge in [-0.2, -0.15) is 0 Å². The van der Waals surface area contributed by atoms with Gasteiger partial charge >= 0.3 is 0 Å². The van der Waals surface area contributed by atoms with Crippen LogP contribution >= 0.6 is 44.6 Å². The third-order valence-corrected chi connectivity index (χ3v) is 5.30. The van der Waals surface area contributed by atoms with Crippen LogP contribution in [0.4, 0.5) is 0 Å². The zero-order valence-electron chi connectivity index (χ0n) is 7.12. The molecule has 16 heavy (non-hydrogen) atoms. The summed E-state index contributed by atoms with van der Waals surface area (Å²) in [7, 11) is 1.43. The van der Waals surface area contributed by atoms with Crippen molar-refractivity contribution in [2.75, 3.05) is 0 Å². The van der Waals surface area contributed by atoms with E-state index >= 15 is 0 Å². The minimum absolute atomic E-state index is 0.148. The molecule has 0 aromatic heterocycles. The molecule has 90 valence electrons. The molecule has 0 spiro atoms. The quantitative estimate of drug-likeness (QED) is 0.774. The first-order valence-electron chi connectivity index (χ1n) is 3.42. The highest BCUT2D eigenvalue weighted by Gasteiger charge is 2.28. The average Bonchev–Trinajstić information content (AvgIpc) is 2.05. The molecule has 0 bridgehead atoms. The van der Waals surface area contributed by atoms with Gasteiger partial charge in [-0.1, -0.05) is 23.2 Å². The summed E-state index contributed by atoms with van der Waals surface area (Å²) in [6, 6.07) is 2.01. The van der Waals surface area contributed by atoms with Gasteiger partial charge in [-0.05, 0) is 12.1 Å². The molecule has 1 rings (SSSR count). The second-order valence-corrected chi connectivity index (χ2v) is 8.39. The Labute approximate surface area is 111 Å². The summed E-state index contributed by atoms with van der Waals surface area (Å²) in [5.41, 5.74) is 0. The zero-order valence-corrected chi connectivity index (χ0v) is 11.8. The molecule has 0 aliphatic carbocycles. The molecule has 0 aliphatic rings. The largest absolute Gasteiger partial charge is 0.264 e. The van der Waals surface area contributed by atoms with Crippen LogP contribution in [0.5, 0.6) is 0 Å². The molecule has 1 aromatic carbocycles. The first-order valence-corrected chi connectivity index (χ1v) is 8.80. The predicted molar refractivity (Wildman–Crippen MR) is 62.5 cm³/mol. The molecule has 0 atom stereocenters. The minimum Gasteiger partial charge on any atom is -0.207 e. The highest BCUT2D eigenvalue weighted by molar-refractivity contribution is 8.16. The Hall–Kier alpha value is 0.280. The molecule has 0 saturated carbocycles. The fourth-order valence-electron chi connectivity index (χ4n) is 0.934. The number of rotatable bonds is 2. The van der Waals surface area contributed by atoms with Crippen LogP contribution in [-0.2, 0) is 18.1 Å². The van der Waals surface area contributed by atoms with E-state index < -0.39 is 32.9 Å². The molecule has 1 aromatic rings. The van der Waals surface area contributed by atoms with Crippen molar-refractivity contribution >= 4 is 62.7 Å². The number of hydrogen-bond donors (Lipinski definition) is 0. The molecule has 0 aliphatic heterocycles. The third kappa shape index (κ3) is 2.94. The van der Waals surface area contributed by atoms with Gasteiger partial charge in [-0.3, -0.25) is 0 Å². The van der Waals surface area contributed by atoms with Gasteiger partial charge in [-0.15, -0.1) is 0 Å². The summed E-state index contributed by atoms with van der Waals surface area (Å²) in [6.07, 6.45) is 0. The molecular weight excluding hydrogens is 342 g/mol. The number of benzene rings is 1. The Bertz CT molecular complexity index is 635. The van der Waals surface area contributed by atoms with Gasteiger partial charge in [0, 0.05) is 21.4 Å². The maximum atomic E-state index is 11.2. The average molecular weight is 344 g/mol. The van der Waals surface area contributed by atoms with E-state index in [0.29, 0.717) is 0 Å². The lowest BCUT2D eigenvalue weighted by molar-refractivity contribution is 0.597. The maximum Gasteiger partial charge on any atom is 0.264 e. The number of halogens is 4. The van der Waals surface area contributed by atoms with E-state index in [1.54, 1.807) is 0 Å². The first kappa shape index (κ1) is 14.3. The second-order valence-electron chi connectivity index (χ2n) is 2.56. The van der Waals surface area contributed by atoms with E-state index in [-0.39, 0.29) is 5.02 Å². The van der Waals surface area contributed by atoms with Gasteiger partial charge in [-0.25, -0.2) is 16.8 Å². The molecule has 10 heteroatoms. The van der Waals surface area contributed by atoms with Crippen LogP contribution in [0, 0.1) is 0 Å². The summed E-state index contributed by atoms with van der Waals surface area (Å²) >= 11 is 11.1. The van der Waals surface area contributed by atoms with E-state index in [1.807, 2.05) is 0 Å². The van der Waals surface area contributed by atoms with Crippen molar-refractivity contribution in [3.8, 4) is 0 Å². The Morgan fingerprint density at radius 3 is 1.75 bits per heavy atom. The van der Waals surface area contributed by atoms with Gasteiger partial charge < -0.3 is 0 Å². The zero-order chi connectivity index (χ0) is 12.7. The molecule has 0 saturated heterocycles. The van der Waals surface area contributed by atoms with Crippen molar-refractivity contribution in [2.45, 2.75) is 9.79 Å². The monoisotopic (exact) mass is 342 g/mol. The van der Waals surface area contributed by atoms with Gasteiger partial charge in [0.25, 0.3) is 18.1 Å². The van der Waals surface area contributed by atoms with Crippen molar-refractivity contribution < 1.29 is 16.8 Å². The summed E-state index contributed by atoms with van der Waals surface area (Å²) in [4.78, 5) is -1.53. The Morgan fingerprint density at radius 1 is 0.875 bits per heavy atom. The number of hydrogen-bond acceptors (Lipinski definition) is 4. The van der Waals surface area contributed by atoms with Gasteiger partial charge in [0.1, 0.15) is 9.79 Å². The smallest absolute Gasteiger partial charge is 0.207 e. The lowest BCUT2D eigenvalue weighted by Gasteiger charge is -2.06. The Morgan fingerprint density at radius 2 is 1.38 bits per heavy atom. The molecule has 4 nitrogen and oxygen atoms in total. The van der Waals surface area contributed by atoms with Gasteiger partial charge in [0.15, 0.2) is 0 Å². The molecule has 0 heterocycles. The van der Waals surface area contributed by atoms with Crippen molar-refractivity contribution in [1.82, 2.24) is 0 Å². The van der Waals surface area contributed by atoms with E-state index in [2.05, 4.69) is 0 Å². The molecule has 0 fully saturated rings. The second kappa shape index (κ2) is 4.51. The van der Waals surface area contributed by atoms with E-state index in [9.17, 15) is 16.8 Å². The van der Waals surface area contributed by atoms with E-state index in [1.165, 1.54) is 0 Å². The predicted octanol–water partition coefficient (Wildman–Crippen LogP) is 2.85. The van der Waals surface area contributed by atoms with Crippen molar-refractivity contribution in [3.63, 3.8) is 0 Å². The van der Waals surface area contributed by atoms with Crippen molar-refractivity contribution in [1.29, 1.82) is 0 Å². The summed E-state index contributed by atoms with van der Waals surface area (Å²) < 4.78 is 44.6. The molecular formula is C6H2Cl4O4S2. The highest BCUT2D eigenvalue weighted by Crippen LogP contribution is 2.37. The van der Waals surface area contributed by atoms with Crippen molar-refractivity contribution in [3.05, 3.63) is 22.2 Å².